The molecule has 7 nitrogen and oxygen atoms in total. The maximum Gasteiger partial charge on any atom is 0.264 e. The molecule has 4 aromatic rings. The molecule has 0 fully saturated rings. The Morgan fingerprint density at radius 3 is 2.24 bits per heavy atom. The van der Waals surface area contributed by atoms with E-state index in [0.717, 1.165) is 5.56 Å². The van der Waals surface area contributed by atoms with E-state index in [4.69, 9.17) is 21.1 Å². The molecule has 0 radical (unpaired) electrons. The Kier molecular flexibility index (Phi) is 8.55. The molecule has 0 aliphatic rings. The van der Waals surface area contributed by atoms with E-state index in [1.807, 2.05) is 25.1 Å². The number of halogens is 1. The first-order chi connectivity index (χ1) is 18.3. The van der Waals surface area contributed by atoms with E-state index in [1.165, 1.54) is 4.31 Å². The molecule has 9 heteroatoms. The van der Waals surface area contributed by atoms with Crippen molar-refractivity contribution in [3.05, 3.63) is 108 Å². The number of rotatable bonds is 10. The number of benzene rings is 4. The normalized spacial score (nSPS) is 11.0. The van der Waals surface area contributed by atoms with Crippen LogP contribution in [0.5, 0.6) is 17.2 Å². The third-order valence-electron chi connectivity index (χ3n) is 5.58. The fraction of sp³-hybridized carbons (Fsp3) is 0.138. The first kappa shape index (κ1) is 27.0. The van der Waals surface area contributed by atoms with Crippen molar-refractivity contribution < 1.29 is 22.7 Å². The lowest BCUT2D eigenvalue weighted by Crippen LogP contribution is -2.30. The van der Waals surface area contributed by atoms with Crippen molar-refractivity contribution >= 4 is 38.9 Å². The van der Waals surface area contributed by atoms with Crippen molar-refractivity contribution in [1.82, 2.24) is 0 Å². The average Bonchev–Trinajstić information content (AvgIpc) is 2.91. The van der Waals surface area contributed by atoms with E-state index in [9.17, 15) is 13.2 Å². The molecule has 38 heavy (non-hydrogen) atoms. The zero-order valence-corrected chi connectivity index (χ0v) is 22.5. The Balaban J connectivity index is 1.40. The molecule has 0 heterocycles. The Hall–Kier alpha value is -4.01. The summed E-state index contributed by atoms with van der Waals surface area (Å²) in [4.78, 5) is 12.8. The van der Waals surface area contributed by atoms with Crippen LogP contribution in [-0.2, 0) is 14.8 Å². The minimum atomic E-state index is -3.72. The number of anilines is 2. The second-order valence-electron chi connectivity index (χ2n) is 8.37. The maximum atomic E-state index is 13.1. The van der Waals surface area contributed by atoms with Gasteiger partial charge in [0.2, 0.25) is 0 Å². The molecule has 0 bridgehead atoms. The molecule has 0 aliphatic heterocycles. The number of hydrogen-bond acceptors (Lipinski definition) is 5. The molecule has 0 saturated heterocycles. The van der Waals surface area contributed by atoms with E-state index >= 15 is 0 Å². The highest BCUT2D eigenvalue weighted by molar-refractivity contribution is 7.92. The summed E-state index contributed by atoms with van der Waals surface area (Å²) in [6.07, 6.45) is 0. The first-order valence-corrected chi connectivity index (χ1v) is 13.7. The number of sulfonamides is 1. The summed E-state index contributed by atoms with van der Waals surface area (Å²) in [7, 11) is -3.72. The molecule has 0 aliphatic carbocycles. The second-order valence-corrected chi connectivity index (χ2v) is 10.7. The van der Waals surface area contributed by atoms with Gasteiger partial charge in [0.1, 0.15) is 11.5 Å². The number of hydrogen-bond donors (Lipinski definition) is 1. The number of carbonyl (C=O) groups is 1. The molecule has 1 N–H and O–H groups in total. The van der Waals surface area contributed by atoms with Crippen molar-refractivity contribution in [2.45, 2.75) is 18.7 Å². The van der Waals surface area contributed by atoms with Gasteiger partial charge < -0.3 is 14.8 Å². The van der Waals surface area contributed by atoms with E-state index in [2.05, 4.69) is 5.32 Å². The molecule has 0 unspecified atom stereocenters. The number of carbonyl (C=O) groups excluding carboxylic acids is 1. The van der Waals surface area contributed by atoms with Crippen molar-refractivity contribution in [3.8, 4) is 17.2 Å². The summed E-state index contributed by atoms with van der Waals surface area (Å²) >= 11 is 6.12. The first-order valence-electron chi connectivity index (χ1n) is 11.9. The van der Waals surface area contributed by atoms with Gasteiger partial charge >= 0.3 is 0 Å². The van der Waals surface area contributed by atoms with Crippen molar-refractivity contribution in [2.24, 2.45) is 0 Å². The molecule has 0 spiro atoms. The summed E-state index contributed by atoms with van der Waals surface area (Å²) in [5, 5.41) is 3.20. The Bertz CT molecular complexity index is 1490. The lowest BCUT2D eigenvalue weighted by molar-refractivity contribution is -0.118. The van der Waals surface area contributed by atoms with Gasteiger partial charge in [-0.05, 0) is 80.6 Å². The van der Waals surface area contributed by atoms with Crippen molar-refractivity contribution in [2.75, 3.05) is 22.8 Å². The van der Waals surface area contributed by atoms with Crippen LogP contribution in [-0.4, -0.2) is 27.5 Å². The van der Waals surface area contributed by atoms with E-state index in [-0.39, 0.29) is 18.0 Å². The lowest BCUT2D eigenvalue weighted by atomic mass is 10.2. The summed E-state index contributed by atoms with van der Waals surface area (Å²) in [5.74, 6) is 1.06. The van der Waals surface area contributed by atoms with Crippen molar-refractivity contribution in [3.63, 3.8) is 0 Å². The molecule has 0 atom stereocenters. The molecule has 4 aromatic carbocycles. The summed E-state index contributed by atoms with van der Waals surface area (Å²) in [5.41, 5.74) is 1.88. The maximum absolute atomic E-state index is 13.1. The van der Waals surface area contributed by atoms with Gasteiger partial charge in [0.25, 0.3) is 15.9 Å². The van der Waals surface area contributed by atoms with Gasteiger partial charge in [0.05, 0.1) is 16.3 Å². The van der Waals surface area contributed by atoms with Gasteiger partial charge in [0, 0.05) is 11.6 Å². The molecule has 1 amide bonds. The molecular formula is C29H27ClN2O5S. The molecule has 0 aromatic heterocycles. The molecule has 196 valence electrons. The zero-order chi connectivity index (χ0) is 27.1. The highest BCUT2D eigenvalue weighted by Crippen LogP contribution is 2.32. The van der Waals surface area contributed by atoms with Crippen LogP contribution < -0.4 is 19.1 Å². The quantitative estimate of drug-likeness (QED) is 0.238. The van der Waals surface area contributed by atoms with Crippen molar-refractivity contribution in [1.29, 1.82) is 0 Å². The van der Waals surface area contributed by atoms with Crippen LogP contribution in [0.25, 0.3) is 0 Å². The van der Waals surface area contributed by atoms with E-state index < -0.39 is 15.9 Å². The monoisotopic (exact) mass is 550 g/mol. The predicted octanol–water partition coefficient (Wildman–Crippen LogP) is 6.67. The van der Waals surface area contributed by atoms with Gasteiger partial charge in [0.15, 0.2) is 12.4 Å². The summed E-state index contributed by atoms with van der Waals surface area (Å²) in [6, 6.07) is 27.4. The highest BCUT2D eigenvalue weighted by Gasteiger charge is 2.23. The number of ether oxygens (including phenoxy) is 2. The van der Waals surface area contributed by atoms with Crippen LogP contribution in [0.15, 0.2) is 102 Å². The van der Waals surface area contributed by atoms with Crippen LogP contribution in [0.1, 0.15) is 12.5 Å². The Labute approximate surface area is 227 Å². The Morgan fingerprint density at radius 1 is 0.895 bits per heavy atom. The molecule has 4 rings (SSSR count). The zero-order valence-electron chi connectivity index (χ0n) is 20.9. The minimum Gasteiger partial charge on any atom is -0.484 e. The smallest absolute Gasteiger partial charge is 0.264 e. The van der Waals surface area contributed by atoms with Crippen LogP contribution >= 0.6 is 11.6 Å². The average molecular weight is 551 g/mol. The standard InChI is InChI=1S/C29H27ClN2O5S/c1-3-32(38(34,35)26-16-9-21(2)10-17-26)23-12-14-24(15-13-23)36-20-29(33)31-27-19-22(30)11-18-28(27)37-25-7-5-4-6-8-25/h4-19H,3,20H2,1-2H3,(H,31,33). The van der Waals surface area contributed by atoms with Crippen LogP contribution in [0.2, 0.25) is 5.02 Å². The van der Waals surface area contributed by atoms with Gasteiger partial charge in [-0.3, -0.25) is 9.10 Å². The van der Waals surface area contributed by atoms with Crippen LogP contribution in [0.3, 0.4) is 0 Å². The minimum absolute atomic E-state index is 0.221. The van der Waals surface area contributed by atoms with E-state index in [0.29, 0.717) is 33.6 Å². The van der Waals surface area contributed by atoms with E-state index in [1.54, 1.807) is 85.8 Å². The fourth-order valence-electron chi connectivity index (χ4n) is 3.68. The SMILES string of the molecule is CCN(c1ccc(OCC(=O)Nc2cc(Cl)ccc2Oc2ccccc2)cc1)S(=O)(=O)c1ccc(C)cc1. The number of nitrogens with zero attached hydrogens (tertiary/aromatic N) is 1. The largest absolute Gasteiger partial charge is 0.484 e. The number of amides is 1. The Morgan fingerprint density at radius 2 is 1.58 bits per heavy atom. The third kappa shape index (κ3) is 6.65. The number of aryl methyl sites for hydroxylation is 1. The van der Waals surface area contributed by atoms with Gasteiger partial charge in [-0.15, -0.1) is 0 Å². The molecular weight excluding hydrogens is 524 g/mol. The van der Waals surface area contributed by atoms with Gasteiger partial charge in [-0.1, -0.05) is 47.5 Å². The van der Waals surface area contributed by atoms with Crippen LogP contribution in [0, 0.1) is 6.92 Å². The number of para-hydroxylation sites is 1. The predicted molar refractivity (Wildman–Crippen MR) is 150 cm³/mol. The van der Waals surface area contributed by atoms with Crippen LogP contribution in [0.4, 0.5) is 11.4 Å². The number of nitrogens with one attached hydrogen (secondary N) is 1. The van der Waals surface area contributed by atoms with Gasteiger partial charge in [-0.25, -0.2) is 8.42 Å². The summed E-state index contributed by atoms with van der Waals surface area (Å²) < 4.78 is 39.1. The van der Waals surface area contributed by atoms with Gasteiger partial charge in [-0.2, -0.15) is 0 Å². The highest BCUT2D eigenvalue weighted by atomic mass is 35.5. The summed E-state index contributed by atoms with van der Waals surface area (Å²) in [6.45, 7) is 3.66. The second kappa shape index (κ2) is 12.0. The lowest BCUT2D eigenvalue weighted by Gasteiger charge is -2.23. The molecule has 0 saturated carbocycles. The third-order valence-corrected chi connectivity index (χ3v) is 7.73. The topological polar surface area (TPSA) is 84.9 Å². The fourth-order valence-corrected chi connectivity index (χ4v) is 5.32.